The molecule has 1 aliphatic rings. The lowest BCUT2D eigenvalue weighted by molar-refractivity contribution is 0.598. The number of imidazole rings is 1. The van der Waals surface area contributed by atoms with E-state index >= 15 is 0 Å². The molecule has 1 heterocycles. The first-order valence-electron chi connectivity index (χ1n) is 6.86. The van der Waals surface area contributed by atoms with Crippen molar-refractivity contribution in [2.24, 2.45) is 7.05 Å². The Morgan fingerprint density at radius 2 is 2.19 bits per heavy atom. The molecule has 6 nitrogen and oxygen atoms in total. The minimum atomic E-state index is -3.63. The first-order valence-corrected chi connectivity index (χ1v) is 8.34. The van der Waals surface area contributed by atoms with E-state index in [1.807, 2.05) is 18.2 Å². The summed E-state index contributed by atoms with van der Waals surface area (Å²) in [6.45, 7) is 0.754. The van der Waals surface area contributed by atoms with Gasteiger partial charge in [0.2, 0.25) is 0 Å². The summed E-state index contributed by atoms with van der Waals surface area (Å²) in [5.41, 5.74) is 1.61. The molecular weight excluding hydrogens is 288 g/mol. The van der Waals surface area contributed by atoms with Crippen LogP contribution in [-0.4, -0.2) is 24.0 Å². The van der Waals surface area contributed by atoms with Crippen LogP contribution in [0.3, 0.4) is 0 Å². The van der Waals surface area contributed by atoms with Crippen molar-refractivity contribution in [2.75, 3.05) is 4.72 Å². The number of rotatable bonds is 6. The number of hydrogen-bond donors (Lipinski definition) is 2. The summed E-state index contributed by atoms with van der Waals surface area (Å²) in [5.74, 6) is 0. The second-order valence-corrected chi connectivity index (χ2v) is 6.97. The molecule has 1 aromatic carbocycles. The highest BCUT2D eigenvalue weighted by atomic mass is 32.2. The monoisotopic (exact) mass is 306 g/mol. The fourth-order valence-electron chi connectivity index (χ4n) is 2.03. The lowest BCUT2D eigenvalue weighted by atomic mass is 10.2. The maximum Gasteiger partial charge on any atom is 0.280 e. The number of nitrogens with zero attached hydrogens (tertiary/aromatic N) is 2. The smallest absolute Gasteiger partial charge is 0.280 e. The van der Waals surface area contributed by atoms with Gasteiger partial charge in [-0.1, -0.05) is 12.1 Å². The van der Waals surface area contributed by atoms with Crippen LogP contribution in [0.4, 0.5) is 5.69 Å². The quantitative estimate of drug-likeness (QED) is 0.847. The zero-order chi connectivity index (χ0) is 14.9. The van der Waals surface area contributed by atoms with Crippen LogP contribution in [0, 0.1) is 0 Å². The van der Waals surface area contributed by atoms with Gasteiger partial charge in [0.1, 0.15) is 0 Å². The number of aryl methyl sites for hydroxylation is 1. The molecule has 7 heteroatoms. The highest BCUT2D eigenvalue weighted by Crippen LogP contribution is 2.20. The van der Waals surface area contributed by atoms with Crippen LogP contribution in [0.5, 0.6) is 0 Å². The molecule has 0 atom stereocenters. The Labute approximate surface area is 124 Å². The molecule has 21 heavy (non-hydrogen) atoms. The average Bonchev–Trinajstić information content (AvgIpc) is 3.16. The van der Waals surface area contributed by atoms with E-state index in [0.29, 0.717) is 11.7 Å². The summed E-state index contributed by atoms with van der Waals surface area (Å²) >= 11 is 0. The van der Waals surface area contributed by atoms with Crippen LogP contribution in [-0.2, 0) is 23.6 Å². The lowest BCUT2D eigenvalue weighted by Gasteiger charge is -2.08. The maximum atomic E-state index is 12.2. The number of benzene rings is 1. The third-order valence-corrected chi connectivity index (χ3v) is 4.57. The van der Waals surface area contributed by atoms with Crippen LogP contribution in [0.15, 0.2) is 41.8 Å². The van der Waals surface area contributed by atoms with Gasteiger partial charge in [0.25, 0.3) is 10.0 Å². The molecule has 112 valence electrons. The predicted octanol–water partition coefficient (Wildman–Crippen LogP) is 1.47. The standard InChI is InChI=1S/C14H18N4O2S/c1-18-9-14(16-10-18)21(19,20)17-13-4-2-3-11(7-13)8-15-12-5-6-12/h2-4,7,9-10,12,15,17H,5-6,8H2,1H3. The van der Waals surface area contributed by atoms with Crippen LogP contribution in [0.2, 0.25) is 0 Å². The molecule has 0 amide bonds. The number of anilines is 1. The molecule has 1 aliphatic carbocycles. The predicted molar refractivity (Wildman–Crippen MR) is 80.3 cm³/mol. The largest absolute Gasteiger partial charge is 0.339 e. The van der Waals surface area contributed by atoms with E-state index in [1.54, 1.807) is 17.7 Å². The van der Waals surface area contributed by atoms with Crippen molar-refractivity contribution in [1.82, 2.24) is 14.9 Å². The van der Waals surface area contributed by atoms with Gasteiger partial charge in [-0.2, -0.15) is 8.42 Å². The molecule has 0 bridgehead atoms. The third kappa shape index (κ3) is 3.62. The average molecular weight is 306 g/mol. The summed E-state index contributed by atoms with van der Waals surface area (Å²) < 4.78 is 28.6. The second-order valence-electron chi connectivity index (χ2n) is 5.34. The molecule has 0 radical (unpaired) electrons. The minimum absolute atomic E-state index is 0.0199. The van der Waals surface area contributed by atoms with Gasteiger partial charge in [-0.05, 0) is 30.5 Å². The second kappa shape index (κ2) is 5.50. The van der Waals surface area contributed by atoms with Crippen molar-refractivity contribution in [3.63, 3.8) is 0 Å². The molecule has 1 aromatic heterocycles. The van der Waals surface area contributed by atoms with Gasteiger partial charge in [-0.3, -0.25) is 4.72 Å². The van der Waals surface area contributed by atoms with Gasteiger partial charge in [0.15, 0.2) is 5.03 Å². The summed E-state index contributed by atoms with van der Waals surface area (Å²) in [6, 6.07) is 8.03. The Balaban J connectivity index is 1.72. The van der Waals surface area contributed by atoms with E-state index in [4.69, 9.17) is 0 Å². The highest BCUT2D eigenvalue weighted by molar-refractivity contribution is 7.92. The number of aromatic nitrogens is 2. The Hall–Kier alpha value is -1.86. The molecule has 0 saturated heterocycles. The van der Waals surface area contributed by atoms with E-state index in [2.05, 4.69) is 15.0 Å². The van der Waals surface area contributed by atoms with E-state index in [-0.39, 0.29) is 5.03 Å². The van der Waals surface area contributed by atoms with Crippen molar-refractivity contribution in [3.8, 4) is 0 Å². The van der Waals surface area contributed by atoms with Crippen molar-refractivity contribution < 1.29 is 8.42 Å². The van der Waals surface area contributed by atoms with Crippen molar-refractivity contribution in [3.05, 3.63) is 42.4 Å². The first kappa shape index (κ1) is 14.1. The normalized spacial score (nSPS) is 15.1. The van der Waals surface area contributed by atoms with Crippen molar-refractivity contribution in [1.29, 1.82) is 0 Å². The van der Waals surface area contributed by atoms with Crippen LogP contribution >= 0.6 is 0 Å². The van der Waals surface area contributed by atoms with Crippen molar-refractivity contribution >= 4 is 15.7 Å². The molecule has 2 N–H and O–H groups in total. The zero-order valence-corrected chi connectivity index (χ0v) is 12.6. The minimum Gasteiger partial charge on any atom is -0.339 e. The Morgan fingerprint density at radius 3 is 2.86 bits per heavy atom. The van der Waals surface area contributed by atoms with E-state index in [1.165, 1.54) is 25.4 Å². The number of sulfonamides is 1. The van der Waals surface area contributed by atoms with Gasteiger partial charge in [-0.25, -0.2) is 4.98 Å². The Bertz CT molecular complexity index is 735. The topological polar surface area (TPSA) is 76.0 Å². The van der Waals surface area contributed by atoms with E-state index < -0.39 is 10.0 Å². The SMILES string of the molecule is Cn1cnc(S(=O)(=O)Nc2cccc(CNC3CC3)c2)c1. The molecule has 3 rings (SSSR count). The summed E-state index contributed by atoms with van der Waals surface area (Å²) in [4.78, 5) is 3.87. The summed E-state index contributed by atoms with van der Waals surface area (Å²) in [5, 5.41) is 3.42. The molecule has 1 saturated carbocycles. The number of hydrogen-bond acceptors (Lipinski definition) is 4. The Morgan fingerprint density at radius 1 is 1.38 bits per heavy atom. The fraction of sp³-hybridized carbons (Fsp3) is 0.357. The van der Waals surface area contributed by atoms with Crippen molar-refractivity contribution in [2.45, 2.75) is 30.5 Å². The zero-order valence-electron chi connectivity index (χ0n) is 11.8. The number of nitrogens with one attached hydrogen (secondary N) is 2. The molecule has 1 fully saturated rings. The third-order valence-electron chi connectivity index (χ3n) is 3.31. The molecule has 0 spiro atoms. The van der Waals surface area contributed by atoms with E-state index in [0.717, 1.165) is 12.1 Å². The molecule has 0 unspecified atom stereocenters. The molecular formula is C14H18N4O2S. The van der Waals surface area contributed by atoms with Crippen LogP contribution in [0.25, 0.3) is 0 Å². The van der Waals surface area contributed by atoms with Crippen LogP contribution < -0.4 is 10.0 Å². The summed E-state index contributed by atoms with van der Waals surface area (Å²) in [6.07, 6.45) is 5.39. The van der Waals surface area contributed by atoms with Gasteiger partial charge in [0, 0.05) is 31.5 Å². The highest BCUT2D eigenvalue weighted by Gasteiger charge is 2.20. The lowest BCUT2D eigenvalue weighted by Crippen LogP contribution is -2.16. The molecule has 0 aliphatic heterocycles. The van der Waals surface area contributed by atoms with Gasteiger partial charge in [0.05, 0.1) is 6.33 Å². The fourth-order valence-corrected chi connectivity index (χ4v) is 3.06. The van der Waals surface area contributed by atoms with Gasteiger partial charge >= 0.3 is 0 Å². The first-order chi connectivity index (χ1) is 10.0. The van der Waals surface area contributed by atoms with Gasteiger partial charge in [-0.15, -0.1) is 0 Å². The molecule has 2 aromatic rings. The van der Waals surface area contributed by atoms with E-state index in [9.17, 15) is 8.42 Å². The maximum absolute atomic E-state index is 12.2. The van der Waals surface area contributed by atoms with Gasteiger partial charge < -0.3 is 9.88 Å². The van der Waals surface area contributed by atoms with Crippen LogP contribution in [0.1, 0.15) is 18.4 Å². The summed E-state index contributed by atoms with van der Waals surface area (Å²) in [7, 11) is -1.90. The Kier molecular flexibility index (Phi) is 3.69.